The van der Waals surface area contributed by atoms with Crippen LogP contribution in [0.1, 0.15) is 28.8 Å². The highest BCUT2D eigenvalue weighted by Gasteiger charge is 2.45. The maximum atomic E-state index is 13.4. The van der Waals surface area contributed by atoms with Crippen molar-refractivity contribution in [3.63, 3.8) is 0 Å². The first-order chi connectivity index (χ1) is 16.0. The molecule has 0 bridgehead atoms. The van der Waals surface area contributed by atoms with Gasteiger partial charge in [0, 0.05) is 11.3 Å². The highest BCUT2D eigenvalue weighted by molar-refractivity contribution is 7.99. The van der Waals surface area contributed by atoms with Gasteiger partial charge in [-0.1, -0.05) is 48.5 Å². The van der Waals surface area contributed by atoms with Crippen molar-refractivity contribution < 1.29 is 14.5 Å². The summed E-state index contributed by atoms with van der Waals surface area (Å²) in [5.74, 6) is 0.131. The third kappa shape index (κ3) is 4.98. The van der Waals surface area contributed by atoms with E-state index < -0.39 is 6.04 Å². The number of amides is 2. The van der Waals surface area contributed by atoms with E-state index in [2.05, 4.69) is 11.1 Å². The molecule has 1 aromatic heterocycles. The van der Waals surface area contributed by atoms with Crippen LogP contribution in [-0.4, -0.2) is 28.7 Å². The summed E-state index contributed by atoms with van der Waals surface area (Å²) in [5, 5.41) is 10.3. The zero-order chi connectivity index (χ0) is 23.4. The second-order valence-electron chi connectivity index (χ2n) is 8.14. The normalized spacial score (nSPS) is 16.6. The quantitative estimate of drug-likeness (QED) is 0.335. The van der Waals surface area contributed by atoms with Gasteiger partial charge >= 0.3 is 0 Å². The molecule has 2 aromatic carbocycles. The third-order valence-electron chi connectivity index (χ3n) is 5.75. The Morgan fingerprint density at radius 3 is 2.42 bits per heavy atom. The van der Waals surface area contributed by atoms with Gasteiger partial charge in [0.15, 0.2) is 6.04 Å². The van der Waals surface area contributed by atoms with Crippen molar-refractivity contribution in [3.05, 3.63) is 89.1 Å². The smallest absolute Gasteiger partial charge is 0.292 e. The van der Waals surface area contributed by atoms with Crippen LogP contribution < -0.4 is 9.80 Å². The highest BCUT2D eigenvalue weighted by Crippen LogP contribution is 2.24. The number of para-hydroxylation sites is 1. The van der Waals surface area contributed by atoms with Crippen molar-refractivity contribution in [2.24, 2.45) is 0 Å². The minimum Gasteiger partial charge on any atom is -0.312 e. The van der Waals surface area contributed by atoms with Crippen LogP contribution in [0.3, 0.4) is 0 Å². The molecule has 166 valence electrons. The van der Waals surface area contributed by atoms with Gasteiger partial charge in [0.2, 0.25) is 5.91 Å². The minimum atomic E-state index is -0.498. The predicted molar refractivity (Wildman–Crippen MR) is 128 cm³/mol. The molecule has 33 heavy (non-hydrogen) atoms. The lowest BCUT2D eigenvalue weighted by molar-refractivity contribution is -0.916. The summed E-state index contributed by atoms with van der Waals surface area (Å²) in [5.41, 5.74) is 3.98. The van der Waals surface area contributed by atoms with Crippen LogP contribution in [0.4, 0.5) is 5.69 Å². The molecule has 2 atom stereocenters. The fourth-order valence-corrected chi connectivity index (χ4v) is 5.32. The maximum Gasteiger partial charge on any atom is 0.292 e. The van der Waals surface area contributed by atoms with Gasteiger partial charge < -0.3 is 4.90 Å². The van der Waals surface area contributed by atoms with Crippen molar-refractivity contribution in [2.75, 3.05) is 10.8 Å². The molecule has 2 heterocycles. The zero-order valence-corrected chi connectivity index (χ0v) is 19.4. The average Bonchev–Trinajstić information content (AvgIpc) is 3.11. The Balaban J connectivity index is 1.62. The number of quaternary nitrogens is 1. The number of anilines is 1. The van der Waals surface area contributed by atoms with Crippen LogP contribution >= 0.6 is 11.8 Å². The van der Waals surface area contributed by atoms with Crippen molar-refractivity contribution in [2.45, 2.75) is 37.9 Å². The van der Waals surface area contributed by atoms with E-state index in [4.69, 9.17) is 0 Å². The first-order valence-electron chi connectivity index (χ1n) is 10.8. The summed E-state index contributed by atoms with van der Waals surface area (Å²) < 4.78 is 0. The van der Waals surface area contributed by atoms with Gasteiger partial charge in [0.05, 0.1) is 17.7 Å². The number of hydrogen-bond donors (Lipinski definition) is 1. The molecular weight excluding hydrogens is 432 g/mol. The molecule has 6 nitrogen and oxygen atoms in total. The molecule has 1 unspecified atom stereocenters. The lowest BCUT2D eigenvalue weighted by atomic mass is 10.1. The van der Waals surface area contributed by atoms with Gasteiger partial charge in [-0.05, 0) is 49.4 Å². The number of nitriles is 1. The van der Waals surface area contributed by atoms with E-state index in [9.17, 15) is 14.9 Å². The van der Waals surface area contributed by atoms with Gasteiger partial charge in [-0.15, -0.1) is 0 Å². The summed E-state index contributed by atoms with van der Waals surface area (Å²) in [4.78, 5) is 33.1. The van der Waals surface area contributed by atoms with Gasteiger partial charge in [-0.2, -0.15) is 5.26 Å². The molecule has 3 aromatic rings. The fourth-order valence-electron chi connectivity index (χ4n) is 4.14. The molecule has 0 radical (unpaired) electrons. The van der Waals surface area contributed by atoms with Crippen molar-refractivity contribution in [3.8, 4) is 6.07 Å². The number of rotatable bonds is 7. The third-order valence-corrected chi connectivity index (χ3v) is 6.83. The van der Waals surface area contributed by atoms with Crippen molar-refractivity contribution in [1.29, 1.82) is 5.26 Å². The van der Waals surface area contributed by atoms with Gasteiger partial charge in [0.1, 0.15) is 23.5 Å². The van der Waals surface area contributed by atoms with Crippen molar-refractivity contribution >= 4 is 29.3 Å². The van der Waals surface area contributed by atoms with E-state index >= 15 is 0 Å². The Bertz CT molecular complexity index is 1210. The van der Waals surface area contributed by atoms with Gasteiger partial charge in [-0.25, -0.2) is 9.88 Å². The van der Waals surface area contributed by atoms with Gasteiger partial charge in [0.25, 0.3) is 5.91 Å². The first kappa shape index (κ1) is 22.7. The summed E-state index contributed by atoms with van der Waals surface area (Å²) in [6.45, 7) is 4.40. The Labute approximate surface area is 197 Å². The maximum absolute atomic E-state index is 13.4. The number of imide groups is 1. The summed E-state index contributed by atoms with van der Waals surface area (Å²) in [7, 11) is 0. The van der Waals surface area contributed by atoms with E-state index in [1.807, 2.05) is 68.4 Å². The first-order valence-corrected chi connectivity index (χ1v) is 11.8. The molecule has 0 aliphatic carbocycles. The molecule has 1 fully saturated rings. The number of pyridine rings is 1. The Morgan fingerprint density at radius 2 is 1.76 bits per heavy atom. The lowest BCUT2D eigenvalue weighted by Gasteiger charge is -2.24. The van der Waals surface area contributed by atoms with Crippen LogP contribution in [0.5, 0.6) is 0 Å². The average molecular weight is 458 g/mol. The number of hydrogen-bond acceptors (Lipinski definition) is 5. The number of nitrogens with one attached hydrogen (secondary N) is 1. The minimum absolute atomic E-state index is 0.155. The summed E-state index contributed by atoms with van der Waals surface area (Å²) in [6.07, 6.45) is 0.155. The molecule has 1 aliphatic rings. The second kappa shape index (κ2) is 9.99. The standard InChI is InChI=1S/C26H24N4O2S/c1-18-13-19(2)28-25(22(18)15-27)33-17-29(16-20-9-5-3-6-10-20)23-14-24(31)30(26(23)32)21-11-7-4-8-12-21/h3-13,23H,14,16-17H2,1-2H3/p+1/t23-/m0/s1. The van der Waals surface area contributed by atoms with E-state index in [-0.39, 0.29) is 18.2 Å². The number of nitrogens with zero attached hydrogens (tertiary/aromatic N) is 3. The van der Waals surface area contributed by atoms with Crippen LogP contribution in [0.25, 0.3) is 0 Å². The Hall–Kier alpha value is -3.47. The van der Waals surface area contributed by atoms with Crippen LogP contribution in [0.15, 0.2) is 71.8 Å². The number of thioether (sulfide) groups is 1. The van der Waals surface area contributed by atoms with Crippen molar-refractivity contribution in [1.82, 2.24) is 4.98 Å². The second-order valence-corrected chi connectivity index (χ2v) is 9.11. The molecule has 0 spiro atoms. The molecule has 1 saturated heterocycles. The van der Waals surface area contributed by atoms with E-state index in [0.29, 0.717) is 28.7 Å². The van der Waals surface area contributed by atoms with Gasteiger partial charge in [-0.3, -0.25) is 9.59 Å². The summed E-state index contributed by atoms with van der Waals surface area (Å²) in [6, 6.07) is 22.7. The number of benzene rings is 2. The summed E-state index contributed by atoms with van der Waals surface area (Å²) >= 11 is 1.46. The molecule has 2 amide bonds. The molecule has 1 N–H and O–H groups in total. The number of carbonyl (C=O) groups is 2. The molecule has 1 aliphatic heterocycles. The van der Waals surface area contributed by atoms with Crippen LogP contribution in [-0.2, 0) is 16.1 Å². The SMILES string of the molecule is Cc1cc(C)c(C#N)c(SC[NH+](Cc2ccccc2)[C@H]2CC(=O)N(c3ccccc3)C2=O)n1. The number of aryl methyl sites for hydroxylation is 2. The predicted octanol–water partition coefficient (Wildman–Crippen LogP) is 3.04. The lowest BCUT2D eigenvalue weighted by Crippen LogP contribution is -3.15. The van der Waals surface area contributed by atoms with E-state index in [0.717, 1.165) is 21.7 Å². The fraction of sp³-hybridized carbons (Fsp3) is 0.231. The monoisotopic (exact) mass is 457 g/mol. The topological polar surface area (TPSA) is 78.5 Å². The van der Waals surface area contributed by atoms with Crippen LogP contribution in [0.2, 0.25) is 0 Å². The highest BCUT2D eigenvalue weighted by atomic mass is 32.2. The largest absolute Gasteiger partial charge is 0.312 e. The zero-order valence-electron chi connectivity index (χ0n) is 18.6. The van der Waals surface area contributed by atoms with E-state index in [1.165, 1.54) is 16.7 Å². The number of carbonyl (C=O) groups excluding carboxylic acids is 2. The molecule has 4 rings (SSSR count). The van der Waals surface area contributed by atoms with E-state index in [1.54, 1.807) is 12.1 Å². The Morgan fingerprint density at radius 1 is 1.09 bits per heavy atom. The van der Waals surface area contributed by atoms with Crippen LogP contribution in [0, 0.1) is 25.2 Å². The molecule has 7 heteroatoms. The Kier molecular flexibility index (Phi) is 6.87. The molecular formula is C26H25N4O2S+. The molecule has 0 saturated carbocycles. The number of aromatic nitrogens is 1.